The first-order chi connectivity index (χ1) is 12.2. The molecule has 0 saturated carbocycles. The molecule has 8 nitrogen and oxygen atoms in total. The predicted molar refractivity (Wildman–Crippen MR) is 91.8 cm³/mol. The van der Waals surface area contributed by atoms with Gasteiger partial charge in [0.1, 0.15) is 0 Å². The summed E-state index contributed by atoms with van der Waals surface area (Å²) in [6.45, 7) is 4.32. The van der Waals surface area contributed by atoms with Crippen molar-refractivity contribution in [2.24, 2.45) is 11.8 Å². The van der Waals surface area contributed by atoms with E-state index in [9.17, 15) is 4.79 Å². The second-order valence-electron chi connectivity index (χ2n) is 6.80. The number of nitrogens with one attached hydrogen (secondary N) is 1. The monoisotopic (exact) mass is 339 g/mol. The molecular weight excluding hydrogens is 318 g/mol. The smallest absolute Gasteiger partial charge is 0.257 e. The number of carbonyl (C=O) groups is 1. The van der Waals surface area contributed by atoms with E-state index in [2.05, 4.69) is 37.2 Å². The van der Waals surface area contributed by atoms with E-state index in [0.29, 0.717) is 29.9 Å². The Hall–Kier alpha value is -2.61. The summed E-state index contributed by atoms with van der Waals surface area (Å²) in [4.78, 5) is 33.6. The minimum Gasteiger partial charge on any atom is -0.349 e. The molecule has 1 N–H and O–H groups in total. The summed E-state index contributed by atoms with van der Waals surface area (Å²) < 4.78 is 0. The maximum absolute atomic E-state index is 12.6. The summed E-state index contributed by atoms with van der Waals surface area (Å²) in [6.07, 6.45) is 8.14. The van der Waals surface area contributed by atoms with Gasteiger partial charge in [-0.15, -0.1) is 0 Å². The third-order valence-corrected chi connectivity index (χ3v) is 4.90. The van der Waals surface area contributed by atoms with Gasteiger partial charge < -0.3 is 15.1 Å². The summed E-state index contributed by atoms with van der Waals surface area (Å²) in [5.41, 5.74) is 1.35. The first kappa shape index (κ1) is 15.9. The first-order valence-electron chi connectivity index (χ1n) is 8.47. The number of likely N-dealkylation sites (tertiary alicyclic amines) is 2. The number of nitrogens with zero attached hydrogens (tertiary/aromatic N) is 6. The number of amides is 1. The Balaban J connectivity index is 1.35. The maximum atomic E-state index is 12.6. The number of hydrogen-bond acceptors (Lipinski definition) is 7. The zero-order chi connectivity index (χ0) is 17.2. The molecule has 0 radical (unpaired) electrons. The van der Waals surface area contributed by atoms with Crippen molar-refractivity contribution in [3.8, 4) is 0 Å². The highest BCUT2D eigenvalue weighted by Gasteiger charge is 2.40. The molecule has 0 spiro atoms. The van der Waals surface area contributed by atoms with Crippen LogP contribution in [0.2, 0.25) is 0 Å². The molecule has 2 aromatic rings. The van der Waals surface area contributed by atoms with Crippen molar-refractivity contribution in [2.75, 3.05) is 38.5 Å². The van der Waals surface area contributed by atoms with Crippen molar-refractivity contribution >= 4 is 11.9 Å². The average molecular weight is 339 g/mol. The van der Waals surface area contributed by atoms with E-state index in [0.717, 1.165) is 31.9 Å². The van der Waals surface area contributed by atoms with Crippen LogP contribution in [-0.4, -0.2) is 68.9 Å². The molecule has 0 aliphatic carbocycles. The fourth-order valence-electron chi connectivity index (χ4n) is 3.70. The fourth-order valence-corrected chi connectivity index (χ4v) is 3.70. The Morgan fingerprint density at radius 1 is 1.08 bits per heavy atom. The largest absolute Gasteiger partial charge is 0.349 e. The van der Waals surface area contributed by atoms with Gasteiger partial charge in [0.15, 0.2) is 0 Å². The molecule has 2 atom stereocenters. The Labute approximate surface area is 146 Å². The molecule has 130 valence electrons. The van der Waals surface area contributed by atoms with E-state index >= 15 is 0 Å². The average Bonchev–Trinajstić information content (AvgIpc) is 3.18. The second kappa shape index (κ2) is 6.72. The van der Waals surface area contributed by atoms with E-state index in [1.54, 1.807) is 31.0 Å². The van der Waals surface area contributed by atoms with Crippen LogP contribution in [0.25, 0.3) is 0 Å². The minimum atomic E-state index is 0.0255. The zero-order valence-electron chi connectivity index (χ0n) is 14.2. The lowest BCUT2D eigenvalue weighted by Crippen LogP contribution is -2.32. The van der Waals surface area contributed by atoms with Gasteiger partial charge in [-0.2, -0.15) is 0 Å². The van der Waals surface area contributed by atoms with E-state index < -0.39 is 0 Å². The molecule has 1 amide bonds. The molecular formula is C17H21N7O. The van der Waals surface area contributed by atoms with Crippen molar-refractivity contribution in [3.63, 3.8) is 0 Å². The van der Waals surface area contributed by atoms with E-state index in [-0.39, 0.29) is 5.91 Å². The third-order valence-electron chi connectivity index (χ3n) is 4.90. The van der Waals surface area contributed by atoms with Gasteiger partial charge in [-0.3, -0.25) is 14.8 Å². The number of anilines is 1. The molecule has 2 aromatic heterocycles. The molecule has 2 aliphatic heterocycles. The van der Waals surface area contributed by atoms with Crippen molar-refractivity contribution in [2.45, 2.75) is 6.54 Å². The molecule has 8 heteroatoms. The van der Waals surface area contributed by atoms with Gasteiger partial charge in [0.25, 0.3) is 5.91 Å². The van der Waals surface area contributed by atoms with Crippen molar-refractivity contribution in [1.29, 1.82) is 0 Å². The zero-order valence-corrected chi connectivity index (χ0v) is 14.2. The van der Waals surface area contributed by atoms with Crippen LogP contribution in [0.1, 0.15) is 16.1 Å². The summed E-state index contributed by atoms with van der Waals surface area (Å²) in [5, 5.41) is 3.08. The van der Waals surface area contributed by atoms with Crippen molar-refractivity contribution in [3.05, 3.63) is 42.2 Å². The number of aromatic nitrogens is 4. The number of rotatable bonds is 4. The molecule has 0 unspecified atom stereocenters. The third kappa shape index (κ3) is 3.43. The van der Waals surface area contributed by atoms with Crippen LogP contribution in [0.4, 0.5) is 5.95 Å². The quantitative estimate of drug-likeness (QED) is 0.868. The van der Waals surface area contributed by atoms with Crippen LogP contribution in [0, 0.1) is 11.8 Å². The summed E-state index contributed by atoms with van der Waals surface area (Å²) in [5.74, 6) is 1.70. The SMILES string of the molecule is CN1C[C@@H]2CN(C(=O)c3cnc(NCc4cnccn4)nc3)C[C@@H]2C1. The number of hydrogen-bond donors (Lipinski definition) is 1. The Bertz CT molecular complexity index is 722. The molecule has 2 saturated heterocycles. The Morgan fingerprint density at radius 3 is 2.44 bits per heavy atom. The first-order valence-corrected chi connectivity index (χ1v) is 8.47. The lowest BCUT2D eigenvalue weighted by atomic mass is 10.0. The molecule has 4 heterocycles. The Kier molecular flexibility index (Phi) is 4.27. The van der Waals surface area contributed by atoms with Crippen LogP contribution in [0.5, 0.6) is 0 Å². The van der Waals surface area contributed by atoms with Gasteiger partial charge in [-0.1, -0.05) is 0 Å². The highest BCUT2D eigenvalue weighted by molar-refractivity contribution is 5.93. The van der Waals surface area contributed by atoms with Gasteiger partial charge in [-0.25, -0.2) is 9.97 Å². The number of carbonyl (C=O) groups excluding carboxylic acids is 1. The van der Waals surface area contributed by atoms with Crippen LogP contribution >= 0.6 is 0 Å². The van der Waals surface area contributed by atoms with E-state index in [1.807, 2.05) is 4.90 Å². The number of fused-ring (bicyclic) bond motifs is 1. The second-order valence-corrected chi connectivity index (χ2v) is 6.80. The molecule has 4 rings (SSSR count). The standard InChI is InChI=1S/C17H21N7O/c1-23-8-13-10-24(11-14(13)9-23)16(25)12-4-20-17(21-5-12)22-7-15-6-18-2-3-19-15/h2-6,13-14H,7-11H2,1H3,(H,20,21,22)/t13-,14+. The van der Waals surface area contributed by atoms with E-state index in [1.165, 1.54) is 0 Å². The van der Waals surface area contributed by atoms with Crippen molar-refractivity contribution < 1.29 is 4.79 Å². The van der Waals surface area contributed by atoms with Gasteiger partial charge >= 0.3 is 0 Å². The normalized spacial score (nSPS) is 22.8. The summed E-state index contributed by atoms with van der Waals surface area (Å²) in [6, 6.07) is 0. The van der Waals surface area contributed by atoms with Gasteiger partial charge in [0.2, 0.25) is 5.95 Å². The van der Waals surface area contributed by atoms with Crippen LogP contribution < -0.4 is 5.32 Å². The van der Waals surface area contributed by atoms with Gasteiger partial charge in [-0.05, 0) is 18.9 Å². The van der Waals surface area contributed by atoms with Crippen LogP contribution in [-0.2, 0) is 6.54 Å². The van der Waals surface area contributed by atoms with Gasteiger partial charge in [0.05, 0.1) is 24.0 Å². The highest BCUT2D eigenvalue weighted by Crippen LogP contribution is 2.30. The molecule has 2 aliphatic rings. The summed E-state index contributed by atoms with van der Waals surface area (Å²) >= 11 is 0. The van der Waals surface area contributed by atoms with Gasteiger partial charge in [0, 0.05) is 51.0 Å². The van der Waals surface area contributed by atoms with E-state index in [4.69, 9.17) is 0 Å². The predicted octanol–water partition coefficient (Wildman–Crippen LogP) is 0.512. The lowest BCUT2D eigenvalue weighted by molar-refractivity contribution is 0.0775. The lowest BCUT2D eigenvalue weighted by Gasteiger charge is -2.19. The topological polar surface area (TPSA) is 87.1 Å². The molecule has 0 bridgehead atoms. The molecule has 0 aromatic carbocycles. The van der Waals surface area contributed by atoms with Crippen molar-refractivity contribution in [1.82, 2.24) is 29.7 Å². The molecule has 25 heavy (non-hydrogen) atoms. The molecule has 2 fully saturated rings. The fraction of sp³-hybridized carbons (Fsp3) is 0.471. The van der Waals surface area contributed by atoms with Crippen LogP contribution in [0.15, 0.2) is 31.0 Å². The Morgan fingerprint density at radius 2 is 1.80 bits per heavy atom. The minimum absolute atomic E-state index is 0.0255. The van der Waals surface area contributed by atoms with Crippen LogP contribution in [0.3, 0.4) is 0 Å². The highest BCUT2D eigenvalue weighted by atomic mass is 16.2. The summed E-state index contributed by atoms with van der Waals surface area (Å²) in [7, 11) is 2.14. The maximum Gasteiger partial charge on any atom is 0.257 e.